The maximum absolute atomic E-state index is 12.2. The summed E-state index contributed by atoms with van der Waals surface area (Å²) in [5.41, 5.74) is 2.99. The first-order valence-electron chi connectivity index (χ1n) is 8.58. The van der Waals surface area contributed by atoms with Crippen LogP contribution in [0.25, 0.3) is 20.4 Å². The molecule has 144 valence electrons. The van der Waals surface area contributed by atoms with E-state index in [-0.39, 0.29) is 6.03 Å². The van der Waals surface area contributed by atoms with Gasteiger partial charge in [0.15, 0.2) is 9.47 Å². The maximum Gasteiger partial charge on any atom is 0.321 e. The summed E-state index contributed by atoms with van der Waals surface area (Å²) in [4.78, 5) is 21.3. The molecule has 9 heteroatoms. The molecule has 0 atom stereocenters. The Balaban J connectivity index is 1.39. The molecule has 2 aromatic heterocycles. The second-order valence-corrected chi connectivity index (χ2v) is 9.00. The van der Waals surface area contributed by atoms with Crippen LogP contribution in [0.1, 0.15) is 5.56 Å². The summed E-state index contributed by atoms with van der Waals surface area (Å²) < 4.78 is 8.35. The molecule has 0 unspecified atom stereocenters. The first kappa shape index (κ1) is 19.0. The van der Waals surface area contributed by atoms with Crippen LogP contribution < -0.4 is 15.4 Å². The number of hydrogen-bond acceptors (Lipinski definition) is 7. The number of carbonyl (C=O) groups excluding carboxylic acids is 1. The Morgan fingerprint density at radius 3 is 2.50 bits per heavy atom. The quantitative estimate of drug-likeness (QED) is 0.421. The highest BCUT2D eigenvalue weighted by Crippen LogP contribution is 2.37. The van der Waals surface area contributed by atoms with E-state index in [1.165, 1.54) is 11.3 Å². The van der Waals surface area contributed by atoms with Crippen molar-refractivity contribution in [2.45, 2.75) is 10.8 Å². The van der Waals surface area contributed by atoms with E-state index in [9.17, 15) is 4.79 Å². The van der Waals surface area contributed by atoms with Crippen molar-refractivity contribution < 1.29 is 9.53 Å². The predicted octanol–water partition coefficient (Wildman–Crippen LogP) is 5.00. The topological polar surface area (TPSA) is 76.1 Å². The number of thiazole rings is 2. The molecular formula is C19H18N4O2S3. The third kappa shape index (κ3) is 4.06. The molecule has 0 spiro atoms. The molecule has 0 radical (unpaired) electrons. The molecule has 0 fully saturated rings. The molecule has 0 aliphatic rings. The van der Waals surface area contributed by atoms with Gasteiger partial charge in [-0.05, 0) is 42.5 Å². The Bertz CT molecular complexity index is 1120. The van der Waals surface area contributed by atoms with E-state index in [4.69, 9.17) is 4.74 Å². The van der Waals surface area contributed by atoms with E-state index in [0.29, 0.717) is 11.7 Å². The monoisotopic (exact) mass is 430 g/mol. The van der Waals surface area contributed by atoms with Crippen LogP contribution in [0.5, 0.6) is 5.75 Å². The van der Waals surface area contributed by atoms with Crippen molar-refractivity contribution >= 4 is 66.0 Å². The number of amides is 2. The molecule has 2 heterocycles. The number of nitrogens with zero attached hydrogens (tertiary/aromatic N) is 2. The highest BCUT2D eigenvalue weighted by molar-refractivity contribution is 8.00. The van der Waals surface area contributed by atoms with Crippen LogP contribution in [-0.2, 0) is 6.42 Å². The zero-order valence-electron chi connectivity index (χ0n) is 15.3. The average Bonchev–Trinajstić information content (AvgIpc) is 3.31. The van der Waals surface area contributed by atoms with Crippen LogP contribution >= 0.6 is 34.4 Å². The first-order chi connectivity index (χ1) is 13.7. The van der Waals surface area contributed by atoms with E-state index in [0.717, 1.165) is 42.5 Å². The lowest BCUT2D eigenvalue weighted by Crippen LogP contribution is -2.30. The van der Waals surface area contributed by atoms with Crippen LogP contribution in [0.15, 0.2) is 40.7 Å². The lowest BCUT2D eigenvalue weighted by molar-refractivity contribution is 0.252. The SMILES string of the molecule is COc1ccc(CCNC(=O)Nc2nc3ccc4nc(SC)sc4c3s2)cc1. The van der Waals surface area contributed by atoms with Gasteiger partial charge in [0.05, 0.1) is 27.5 Å². The number of carbonyl (C=O) groups is 1. The number of ether oxygens (including phenoxy) is 1. The van der Waals surface area contributed by atoms with Crippen LogP contribution in [0.3, 0.4) is 0 Å². The highest BCUT2D eigenvalue weighted by atomic mass is 32.2. The second-order valence-electron chi connectivity index (χ2n) is 5.94. The van der Waals surface area contributed by atoms with E-state index >= 15 is 0 Å². The third-order valence-electron chi connectivity index (χ3n) is 4.15. The third-order valence-corrected chi connectivity index (χ3v) is 7.35. The molecule has 0 aliphatic carbocycles. The Labute approximate surface area is 174 Å². The van der Waals surface area contributed by atoms with Crippen LogP contribution in [0, 0.1) is 0 Å². The number of benzene rings is 2. The largest absolute Gasteiger partial charge is 0.497 e. The second kappa shape index (κ2) is 8.34. The Morgan fingerprint density at radius 2 is 1.79 bits per heavy atom. The minimum absolute atomic E-state index is 0.252. The van der Waals surface area contributed by atoms with Crippen LogP contribution in [-0.4, -0.2) is 35.9 Å². The molecule has 0 bridgehead atoms. The van der Waals surface area contributed by atoms with Gasteiger partial charge in [-0.1, -0.05) is 35.2 Å². The number of urea groups is 1. The van der Waals surface area contributed by atoms with Gasteiger partial charge in [-0.25, -0.2) is 14.8 Å². The predicted molar refractivity (Wildman–Crippen MR) is 118 cm³/mol. The number of thioether (sulfide) groups is 1. The van der Waals surface area contributed by atoms with Crippen molar-refractivity contribution in [2.24, 2.45) is 0 Å². The summed E-state index contributed by atoms with van der Waals surface area (Å²) in [6.45, 7) is 0.541. The number of methoxy groups -OCH3 is 1. The number of aromatic nitrogens is 2. The Kier molecular flexibility index (Phi) is 5.65. The zero-order valence-corrected chi connectivity index (χ0v) is 17.8. The van der Waals surface area contributed by atoms with Crippen molar-refractivity contribution in [1.82, 2.24) is 15.3 Å². The minimum atomic E-state index is -0.252. The number of rotatable bonds is 6. The van der Waals surface area contributed by atoms with Gasteiger partial charge in [-0.2, -0.15) is 0 Å². The molecule has 0 aliphatic heterocycles. The number of anilines is 1. The minimum Gasteiger partial charge on any atom is -0.497 e. The van der Waals surface area contributed by atoms with Gasteiger partial charge < -0.3 is 10.1 Å². The summed E-state index contributed by atoms with van der Waals surface area (Å²) in [6, 6.07) is 11.5. The summed E-state index contributed by atoms with van der Waals surface area (Å²) in [7, 11) is 1.64. The molecule has 0 saturated carbocycles. The van der Waals surface area contributed by atoms with E-state index < -0.39 is 0 Å². The molecule has 4 rings (SSSR count). The summed E-state index contributed by atoms with van der Waals surface area (Å²) in [5, 5.41) is 6.30. The molecular weight excluding hydrogens is 412 g/mol. The number of nitrogens with one attached hydrogen (secondary N) is 2. The summed E-state index contributed by atoms with van der Waals surface area (Å²) in [5.74, 6) is 0.824. The normalized spacial score (nSPS) is 11.1. The van der Waals surface area contributed by atoms with Gasteiger partial charge in [0.25, 0.3) is 0 Å². The Morgan fingerprint density at radius 1 is 1.07 bits per heavy atom. The Hall–Kier alpha value is -2.36. The van der Waals surface area contributed by atoms with Crippen molar-refractivity contribution in [3.05, 3.63) is 42.0 Å². The van der Waals surface area contributed by atoms with Crippen LogP contribution in [0.4, 0.5) is 9.93 Å². The molecule has 4 aromatic rings. The lowest BCUT2D eigenvalue weighted by Gasteiger charge is -2.06. The number of fused-ring (bicyclic) bond motifs is 3. The average molecular weight is 431 g/mol. The van der Waals surface area contributed by atoms with Gasteiger partial charge >= 0.3 is 6.03 Å². The van der Waals surface area contributed by atoms with Gasteiger partial charge in [0, 0.05) is 6.54 Å². The fourth-order valence-electron chi connectivity index (χ4n) is 2.75. The first-order valence-corrected chi connectivity index (χ1v) is 11.4. The van der Waals surface area contributed by atoms with Crippen molar-refractivity contribution in [2.75, 3.05) is 25.2 Å². The smallest absolute Gasteiger partial charge is 0.321 e. The lowest BCUT2D eigenvalue weighted by atomic mass is 10.1. The van der Waals surface area contributed by atoms with Gasteiger partial charge in [0.2, 0.25) is 0 Å². The molecule has 2 N–H and O–H groups in total. The fraction of sp³-hybridized carbons (Fsp3) is 0.211. The van der Waals surface area contributed by atoms with Gasteiger partial charge in [0.1, 0.15) is 5.75 Å². The van der Waals surface area contributed by atoms with Gasteiger partial charge in [-0.3, -0.25) is 5.32 Å². The van der Waals surface area contributed by atoms with E-state index in [2.05, 4.69) is 20.6 Å². The van der Waals surface area contributed by atoms with Crippen molar-refractivity contribution in [3.63, 3.8) is 0 Å². The summed E-state index contributed by atoms with van der Waals surface area (Å²) >= 11 is 4.77. The molecule has 2 aromatic carbocycles. The molecule has 6 nitrogen and oxygen atoms in total. The highest BCUT2D eigenvalue weighted by Gasteiger charge is 2.13. The van der Waals surface area contributed by atoms with Gasteiger partial charge in [-0.15, -0.1) is 11.3 Å². The molecule has 28 heavy (non-hydrogen) atoms. The molecule has 0 saturated heterocycles. The maximum atomic E-state index is 12.2. The van der Waals surface area contributed by atoms with Crippen molar-refractivity contribution in [3.8, 4) is 5.75 Å². The van der Waals surface area contributed by atoms with Crippen LogP contribution in [0.2, 0.25) is 0 Å². The fourth-order valence-corrected chi connectivity index (χ4v) is 5.40. The summed E-state index contributed by atoms with van der Waals surface area (Å²) in [6.07, 6.45) is 2.76. The molecule has 2 amide bonds. The van der Waals surface area contributed by atoms with E-state index in [1.807, 2.05) is 42.7 Å². The van der Waals surface area contributed by atoms with Crippen molar-refractivity contribution in [1.29, 1.82) is 0 Å². The zero-order chi connectivity index (χ0) is 19.5. The number of hydrogen-bond donors (Lipinski definition) is 2. The standard InChI is InChI=1S/C19H18N4O2S3/c1-25-12-5-3-11(4-6-12)9-10-20-17(24)23-18-21-13-7-8-14-16(15(13)27-18)28-19(22-14)26-2/h3-8H,9-10H2,1-2H3,(H2,20,21,23,24). The van der Waals surface area contributed by atoms with E-state index in [1.54, 1.807) is 30.2 Å².